The van der Waals surface area contributed by atoms with E-state index in [4.69, 9.17) is 0 Å². The van der Waals surface area contributed by atoms with E-state index in [1.54, 1.807) is 0 Å². The zero-order valence-corrected chi connectivity index (χ0v) is 28.3. The van der Waals surface area contributed by atoms with E-state index in [-0.39, 0.29) is 0 Å². The van der Waals surface area contributed by atoms with Crippen LogP contribution in [0, 0.1) is 0 Å². The number of benzene rings is 11. The molecule has 0 saturated heterocycles. The fraction of sp³-hybridized carbons (Fsp3) is 0. The van der Waals surface area contributed by atoms with Gasteiger partial charge in [-0.3, -0.25) is 0 Å². The van der Waals surface area contributed by atoms with Crippen molar-refractivity contribution < 1.29 is 0 Å². The van der Waals surface area contributed by atoms with Gasteiger partial charge in [0.15, 0.2) is 0 Å². The fourth-order valence-corrected chi connectivity index (χ4v) is 9.48. The average molecular weight is 655 g/mol. The molecule has 0 heterocycles. The summed E-state index contributed by atoms with van der Waals surface area (Å²) in [5.74, 6) is 0. The zero-order chi connectivity index (χ0) is 33.9. The summed E-state index contributed by atoms with van der Waals surface area (Å²) in [6, 6.07) is 68.1. The molecule has 1 aliphatic rings. The highest BCUT2D eigenvalue weighted by atomic mass is 14.3. The van der Waals surface area contributed by atoms with Crippen LogP contribution in [0.1, 0.15) is 0 Å². The Balaban J connectivity index is 1.10. The van der Waals surface area contributed by atoms with E-state index in [1.807, 2.05) is 0 Å². The van der Waals surface area contributed by atoms with Gasteiger partial charge in [-0.1, -0.05) is 158 Å². The Kier molecular flexibility index (Phi) is 5.59. The van der Waals surface area contributed by atoms with Crippen molar-refractivity contribution in [3.8, 4) is 44.5 Å². The summed E-state index contributed by atoms with van der Waals surface area (Å²) in [6.07, 6.45) is 0. The predicted octanol–water partition coefficient (Wildman–Crippen LogP) is 14.7. The Hall–Kier alpha value is -6.76. The first kappa shape index (κ1) is 28.0. The van der Waals surface area contributed by atoms with Crippen LogP contribution in [0.25, 0.3) is 120 Å². The van der Waals surface area contributed by atoms with Crippen molar-refractivity contribution >= 4 is 75.4 Å². The molecule has 0 atom stereocenters. The third-order valence-corrected chi connectivity index (χ3v) is 11.7. The highest BCUT2D eigenvalue weighted by Gasteiger charge is 2.23. The van der Waals surface area contributed by atoms with Crippen molar-refractivity contribution in [2.75, 3.05) is 0 Å². The van der Waals surface area contributed by atoms with Crippen LogP contribution in [-0.4, -0.2) is 0 Å². The Morgan fingerprint density at radius 3 is 1.38 bits per heavy atom. The molecule has 0 N–H and O–H groups in total. The van der Waals surface area contributed by atoms with Gasteiger partial charge in [0.25, 0.3) is 0 Å². The van der Waals surface area contributed by atoms with Crippen molar-refractivity contribution in [2.45, 2.75) is 0 Å². The van der Waals surface area contributed by atoms with E-state index in [1.165, 1.54) is 120 Å². The van der Waals surface area contributed by atoms with Gasteiger partial charge >= 0.3 is 0 Å². The number of fused-ring (bicyclic) bond motifs is 14. The minimum Gasteiger partial charge on any atom is -0.0616 e. The molecule has 0 heteroatoms. The summed E-state index contributed by atoms with van der Waals surface area (Å²) in [6.45, 7) is 0. The Morgan fingerprint density at radius 2 is 0.654 bits per heavy atom. The van der Waals surface area contributed by atoms with Crippen LogP contribution in [0.5, 0.6) is 0 Å². The van der Waals surface area contributed by atoms with Crippen LogP contribution in [-0.2, 0) is 0 Å². The predicted molar refractivity (Wildman–Crippen MR) is 224 cm³/mol. The number of hydrogen-bond acceptors (Lipinski definition) is 0. The number of rotatable bonds is 2. The smallest absolute Gasteiger partial charge is 0.00197 e. The minimum absolute atomic E-state index is 1.25. The monoisotopic (exact) mass is 654 g/mol. The van der Waals surface area contributed by atoms with Gasteiger partial charge in [-0.2, -0.15) is 0 Å². The maximum absolute atomic E-state index is 2.44. The molecule has 0 spiro atoms. The van der Waals surface area contributed by atoms with E-state index in [9.17, 15) is 0 Å². The van der Waals surface area contributed by atoms with E-state index < -0.39 is 0 Å². The molecule has 0 aliphatic heterocycles. The SMILES string of the molecule is c1ccc2c(c1)-c1cccc3c1c-2cc1cccc(-c2ccc4c5ccc(-c6cc7ccccc7c7ccccc67)cc5c5ccccc5c4c2)c13. The van der Waals surface area contributed by atoms with Crippen LogP contribution in [0.3, 0.4) is 0 Å². The second-order valence-corrected chi connectivity index (χ2v) is 14.4. The molecule has 11 aromatic carbocycles. The first-order valence-corrected chi connectivity index (χ1v) is 18.2. The first-order chi connectivity index (χ1) is 25.8. The molecular formula is C52H30. The Labute approximate surface area is 300 Å². The highest BCUT2D eigenvalue weighted by molar-refractivity contribution is 6.29. The Morgan fingerprint density at radius 1 is 0.192 bits per heavy atom. The molecular weight excluding hydrogens is 625 g/mol. The van der Waals surface area contributed by atoms with Gasteiger partial charge in [0.2, 0.25) is 0 Å². The minimum atomic E-state index is 1.25. The largest absolute Gasteiger partial charge is 0.0616 e. The third kappa shape index (κ3) is 3.76. The molecule has 12 rings (SSSR count). The van der Waals surface area contributed by atoms with Crippen LogP contribution in [0.2, 0.25) is 0 Å². The summed E-state index contributed by atoms with van der Waals surface area (Å²) in [5, 5.41) is 18.2. The molecule has 11 aromatic rings. The van der Waals surface area contributed by atoms with Crippen LogP contribution in [0.4, 0.5) is 0 Å². The van der Waals surface area contributed by atoms with Gasteiger partial charge in [0.05, 0.1) is 0 Å². The maximum Gasteiger partial charge on any atom is -0.00197 e. The van der Waals surface area contributed by atoms with Crippen molar-refractivity contribution in [2.24, 2.45) is 0 Å². The quantitative estimate of drug-likeness (QED) is 0.163. The normalized spacial score (nSPS) is 12.2. The lowest BCUT2D eigenvalue weighted by Gasteiger charge is -2.16. The van der Waals surface area contributed by atoms with Crippen LogP contribution in [0.15, 0.2) is 182 Å². The lowest BCUT2D eigenvalue weighted by Crippen LogP contribution is -1.89. The second-order valence-electron chi connectivity index (χ2n) is 14.4. The van der Waals surface area contributed by atoms with Crippen LogP contribution >= 0.6 is 0 Å². The third-order valence-electron chi connectivity index (χ3n) is 11.7. The lowest BCUT2D eigenvalue weighted by molar-refractivity contribution is 1.69. The van der Waals surface area contributed by atoms with Crippen molar-refractivity contribution in [1.29, 1.82) is 0 Å². The van der Waals surface area contributed by atoms with Crippen LogP contribution < -0.4 is 0 Å². The van der Waals surface area contributed by atoms with Gasteiger partial charge in [-0.15, -0.1) is 0 Å². The molecule has 238 valence electrons. The van der Waals surface area contributed by atoms with Crippen molar-refractivity contribution in [3.63, 3.8) is 0 Å². The van der Waals surface area contributed by atoms with E-state index in [0.717, 1.165) is 0 Å². The molecule has 0 aromatic heterocycles. The van der Waals surface area contributed by atoms with Gasteiger partial charge in [0.1, 0.15) is 0 Å². The molecule has 0 fully saturated rings. The van der Waals surface area contributed by atoms with Gasteiger partial charge in [0, 0.05) is 0 Å². The lowest BCUT2D eigenvalue weighted by atomic mass is 9.87. The Bertz CT molecular complexity index is 3320. The summed E-state index contributed by atoms with van der Waals surface area (Å²) in [5.41, 5.74) is 10.4. The summed E-state index contributed by atoms with van der Waals surface area (Å²) in [4.78, 5) is 0. The van der Waals surface area contributed by atoms with Gasteiger partial charge in [-0.25, -0.2) is 0 Å². The molecule has 0 nitrogen and oxygen atoms in total. The fourth-order valence-electron chi connectivity index (χ4n) is 9.48. The zero-order valence-electron chi connectivity index (χ0n) is 28.3. The molecule has 0 bridgehead atoms. The van der Waals surface area contributed by atoms with Crippen molar-refractivity contribution in [3.05, 3.63) is 182 Å². The van der Waals surface area contributed by atoms with E-state index in [2.05, 4.69) is 182 Å². The average Bonchev–Trinajstić information content (AvgIpc) is 3.54. The van der Waals surface area contributed by atoms with Gasteiger partial charge < -0.3 is 0 Å². The summed E-state index contributed by atoms with van der Waals surface area (Å²) in [7, 11) is 0. The molecule has 1 aliphatic carbocycles. The first-order valence-electron chi connectivity index (χ1n) is 18.2. The molecule has 52 heavy (non-hydrogen) atoms. The molecule has 0 amide bonds. The van der Waals surface area contributed by atoms with E-state index >= 15 is 0 Å². The summed E-state index contributed by atoms with van der Waals surface area (Å²) < 4.78 is 0. The topological polar surface area (TPSA) is 0 Å². The number of hydrogen-bond donors (Lipinski definition) is 0. The van der Waals surface area contributed by atoms with E-state index in [0.29, 0.717) is 0 Å². The highest BCUT2D eigenvalue weighted by Crippen LogP contribution is 2.51. The molecule has 0 unspecified atom stereocenters. The van der Waals surface area contributed by atoms with Gasteiger partial charge in [-0.05, 0) is 144 Å². The maximum atomic E-state index is 2.44. The second kappa shape index (κ2) is 10.4. The standard InChI is InChI=1S/C52H30/c1-2-13-35-31(11-1)27-47(39-16-5-3-14-37(35)39)33-24-26-44-43-25-23-32(28-48(43)40-17-6-7-18-41(40)49(44)29-33)36-20-9-12-34-30-50-42-19-8-4-15-38(42)45-21-10-22-46(51(34)36)52(45)50/h1-30H. The molecule has 0 radical (unpaired) electrons. The summed E-state index contributed by atoms with van der Waals surface area (Å²) >= 11 is 0. The molecule has 0 saturated carbocycles. The van der Waals surface area contributed by atoms with Crippen molar-refractivity contribution in [1.82, 2.24) is 0 Å².